The molecule has 6 rings (SSSR count). The molecule has 0 saturated carbocycles. The molecule has 5 nitrogen and oxygen atoms in total. The molecular weight excluding hydrogens is 463 g/mol. The summed E-state index contributed by atoms with van der Waals surface area (Å²) in [7, 11) is 0. The molecule has 0 unspecified atom stereocenters. The number of hydrogen-bond donors (Lipinski definition) is 0. The average molecular weight is 497 g/mol. The highest BCUT2D eigenvalue weighted by molar-refractivity contribution is 5.58. The standard InChI is InChI=1S/C31H33FN4O/c1-22(2)23-7-9-25(10-8-23)30-33-29(34-36(30)27-13-11-26(32)12-14-27)21-35-18-16-31(17-19-35)28-6-4-3-5-24(28)15-20-37-31/h3-14,22H,15-21H2,1-2H3. The smallest absolute Gasteiger partial charge is 0.165 e. The van der Waals surface area contributed by atoms with E-state index in [2.05, 4.69) is 67.3 Å². The number of nitrogens with zero attached hydrogens (tertiary/aromatic N) is 4. The lowest BCUT2D eigenvalue weighted by Gasteiger charge is -2.44. The van der Waals surface area contributed by atoms with Crippen molar-refractivity contribution in [3.05, 3.63) is 101 Å². The predicted molar refractivity (Wildman–Crippen MR) is 143 cm³/mol. The van der Waals surface area contributed by atoms with Gasteiger partial charge in [0.2, 0.25) is 0 Å². The number of ether oxygens (including phenoxy) is 1. The largest absolute Gasteiger partial charge is 0.370 e. The normalized spacial score (nSPS) is 17.3. The zero-order chi connectivity index (χ0) is 25.4. The summed E-state index contributed by atoms with van der Waals surface area (Å²) in [4.78, 5) is 7.39. The van der Waals surface area contributed by atoms with Crippen LogP contribution in [0.4, 0.5) is 4.39 Å². The van der Waals surface area contributed by atoms with Crippen LogP contribution in [0.1, 0.15) is 55.1 Å². The Morgan fingerprint density at radius 1 is 0.946 bits per heavy atom. The van der Waals surface area contributed by atoms with Crippen molar-refractivity contribution in [2.24, 2.45) is 0 Å². The van der Waals surface area contributed by atoms with Gasteiger partial charge in [0.1, 0.15) is 5.82 Å². The fourth-order valence-corrected chi connectivity index (χ4v) is 5.69. The molecule has 1 saturated heterocycles. The van der Waals surface area contributed by atoms with Crippen LogP contribution in [0.2, 0.25) is 0 Å². The van der Waals surface area contributed by atoms with Crippen molar-refractivity contribution in [1.29, 1.82) is 0 Å². The molecule has 6 heteroatoms. The van der Waals surface area contributed by atoms with E-state index in [4.69, 9.17) is 14.8 Å². The predicted octanol–water partition coefficient (Wildman–Crippen LogP) is 6.26. The van der Waals surface area contributed by atoms with E-state index in [1.54, 1.807) is 12.1 Å². The molecule has 3 aromatic carbocycles. The van der Waals surface area contributed by atoms with E-state index in [0.717, 1.165) is 61.9 Å². The fraction of sp³-hybridized carbons (Fsp3) is 0.355. The number of likely N-dealkylation sites (tertiary alicyclic amines) is 1. The van der Waals surface area contributed by atoms with Crippen LogP contribution >= 0.6 is 0 Å². The Kier molecular flexibility index (Phi) is 6.39. The molecule has 0 atom stereocenters. The van der Waals surface area contributed by atoms with Crippen LogP contribution in [0.5, 0.6) is 0 Å². The van der Waals surface area contributed by atoms with Crippen molar-refractivity contribution >= 4 is 0 Å². The van der Waals surface area contributed by atoms with E-state index in [0.29, 0.717) is 12.5 Å². The number of piperidine rings is 1. The first-order valence-electron chi connectivity index (χ1n) is 13.3. The first-order chi connectivity index (χ1) is 18.0. The van der Waals surface area contributed by atoms with E-state index in [1.807, 2.05) is 4.68 Å². The minimum Gasteiger partial charge on any atom is -0.370 e. The molecule has 3 heterocycles. The summed E-state index contributed by atoms with van der Waals surface area (Å²) in [6.45, 7) is 7.69. The van der Waals surface area contributed by atoms with Gasteiger partial charge in [-0.2, -0.15) is 0 Å². The first kappa shape index (κ1) is 24.0. The van der Waals surface area contributed by atoms with Gasteiger partial charge in [-0.15, -0.1) is 5.10 Å². The number of fused-ring (bicyclic) bond motifs is 2. The third-order valence-corrected chi connectivity index (χ3v) is 7.84. The zero-order valence-corrected chi connectivity index (χ0v) is 21.5. The molecule has 1 aromatic heterocycles. The van der Waals surface area contributed by atoms with Gasteiger partial charge in [0.15, 0.2) is 11.6 Å². The summed E-state index contributed by atoms with van der Waals surface area (Å²) in [5, 5.41) is 4.89. The number of halogens is 1. The average Bonchev–Trinajstić information content (AvgIpc) is 3.34. The van der Waals surface area contributed by atoms with Crippen LogP contribution in [-0.2, 0) is 23.3 Å². The Morgan fingerprint density at radius 2 is 1.68 bits per heavy atom. The van der Waals surface area contributed by atoms with Crippen molar-refractivity contribution in [2.45, 2.75) is 51.2 Å². The van der Waals surface area contributed by atoms with E-state index < -0.39 is 0 Å². The third-order valence-electron chi connectivity index (χ3n) is 7.84. The molecule has 37 heavy (non-hydrogen) atoms. The summed E-state index contributed by atoms with van der Waals surface area (Å²) >= 11 is 0. The van der Waals surface area contributed by atoms with Crippen LogP contribution in [0, 0.1) is 5.82 Å². The SMILES string of the molecule is CC(C)c1ccc(-c2nc(CN3CCC4(CC3)OCCc3ccccc34)nn2-c2ccc(F)cc2)cc1. The molecule has 2 aliphatic heterocycles. The van der Waals surface area contributed by atoms with Gasteiger partial charge in [-0.1, -0.05) is 62.4 Å². The zero-order valence-electron chi connectivity index (χ0n) is 21.5. The van der Waals surface area contributed by atoms with Crippen molar-refractivity contribution in [2.75, 3.05) is 19.7 Å². The summed E-state index contributed by atoms with van der Waals surface area (Å²) < 4.78 is 21.9. The van der Waals surface area contributed by atoms with Crippen molar-refractivity contribution in [3.63, 3.8) is 0 Å². The van der Waals surface area contributed by atoms with Crippen LogP contribution in [0.3, 0.4) is 0 Å². The van der Waals surface area contributed by atoms with Gasteiger partial charge in [-0.05, 0) is 66.1 Å². The summed E-state index contributed by atoms with van der Waals surface area (Å²) in [5.41, 5.74) is 5.70. The minimum absolute atomic E-state index is 0.171. The highest BCUT2D eigenvalue weighted by atomic mass is 19.1. The maximum absolute atomic E-state index is 13.6. The Morgan fingerprint density at radius 3 is 2.41 bits per heavy atom. The van der Waals surface area contributed by atoms with E-state index >= 15 is 0 Å². The Balaban J connectivity index is 1.25. The maximum Gasteiger partial charge on any atom is 0.165 e. The monoisotopic (exact) mass is 496 g/mol. The summed E-state index contributed by atoms with van der Waals surface area (Å²) in [5.74, 6) is 1.74. The van der Waals surface area contributed by atoms with Gasteiger partial charge in [0, 0.05) is 18.7 Å². The van der Waals surface area contributed by atoms with E-state index in [1.165, 1.54) is 28.8 Å². The van der Waals surface area contributed by atoms with Crippen LogP contribution in [0.15, 0.2) is 72.8 Å². The van der Waals surface area contributed by atoms with E-state index in [9.17, 15) is 4.39 Å². The highest BCUT2D eigenvalue weighted by Crippen LogP contribution is 2.41. The maximum atomic E-state index is 13.6. The van der Waals surface area contributed by atoms with Gasteiger partial charge in [0.05, 0.1) is 24.4 Å². The highest BCUT2D eigenvalue weighted by Gasteiger charge is 2.40. The Bertz CT molecular complexity index is 1370. The van der Waals surface area contributed by atoms with Gasteiger partial charge >= 0.3 is 0 Å². The van der Waals surface area contributed by atoms with Gasteiger partial charge in [-0.25, -0.2) is 14.1 Å². The topological polar surface area (TPSA) is 43.2 Å². The number of rotatable bonds is 5. The molecule has 190 valence electrons. The number of aromatic nitrogens is 3. The third kappa shape index (κ3) is 4.72. The molecule has 0 N–H and O–H groups in total. The molecule has 0 radical (unpaired) electrons. The van der Waals surface area contributed by atoms with Crippen molar-refractivity contribution in [1.82, 2.24) is 19.7 Å². The second kappa shape index (κ2) is 9.84. The molecule has 2 aliphatic rings. The molecule has 1 spiro atoms. The lowest BCUT2D eigenvalue weighted by Crippen LogP contribution is -2.46. The molecule has 1 fully saturated rings. The number of benzene rings is 3. The number of hydrogen-bond acceptors (Lipinski definition) is 4. The van der Waals surface area contributed by atoms with Gasteiger partial charge < -0.3 is 4.74 Å². The quantitative estimate of drug-likeness (QED) is 0.327. The lowest BCUT2D eigenvalue weighted by atomic mass is 9.79. The van der Waals surface area contributed by atoms with Crippen LogP contribution in [-0.4, -0.2) is 39.4 Å². The van der Waals surface area contributed by atoms with Crippen molar-refractivity contribution in [3.8, 4) is 17.1 Å². The molecule has 4 aromatic rings. The Labute approximate surface area is 217 Å². The summed E-state index contributed by atoms with van der Waals surface area (Å²) in [6, 6.07) is 23.7. The fourth-order valence-electron chi connectivity index (χ4n) is 5.69. The second-order valence-corrected chi connectivity index (χ2v) is 10.5. The molecule has 0 amide bonds. The van der Waals surface area contributed by atoms with Crippen LogP contribution in [0.25, 0.3) is 17.1 Å². The molecule has 0 bridgehead atoms. The van der Waals surface area contributed by atoms with Crippen molar-refractivity contribution < 1.29 is 9.13 Å². The van der Waals surface area contributed by atoms with E-state index in [-0.39, 0.29) is 11.4 Å². The molecule has 0 aliphatic carbocycles. The minimum atomic E-state index is -0.263. The second-order valence-electron chi connectivity index (χ2n) is 10.5. The first-order valence-corrected chi connectivity index (χ1v) is 13.3. The van der Waals surface area contributed by atoms with Gasteiger partial charge in [0.25, 0.3) is 0 Å². The van der Waals surface area contributed by atoms with Gasteiger partial charge in [-0.3, -0.25) is 4.90 Å². The molecular formula is C31H33FN4O. The lowest BCUT2D eigenvalue weighted by molar-refractivity contribution is -0.0991. The Hall–Kier alpha value is -3.35. The van der Waals surface area contributed by atoms with Crippen LogP contribution < -0.4 is 0 Å². The summed E-state index contributed by atoms with van der Waals surface area (Å²) in [6.07, 6.45) is 2.92.